The molecule has 0 saturated carbocycles. The van der Waals surface area contributed by atoms with E-state index in [0.29, 0.717) is 0 Å². The van der Waals surface area contributed by atoms with Gasteiger partial charge in [0.25, 0.3) is 5.91 Å². The van der Waals surface area contributed by atoms with Gasteiger partial charge in [-0.1, -0.05) is 41.4 Å². The quantitative estimate of drug-likeness (QED) is 0.612. The summed E-state index contributed by atoms with van der Waals surface area (Å²) in [5.74, 6) is -0.292. The minimum atomic E-state index is -4.53. The fourth-order valence-corrected chi connectivity index (χ4v) is 2.95. The van der Waals surface area contributed by atoms with Crippen LogP contribution in [0.4, 0.5) is 19.0 Å². The zero-order chi connectivity index (χ0) is 19.6. The molecule has 1 N–H and O–H groups in total. The molecule has 0 spiro atoms. The number of halogens is 5. The first-order valence-electron chi connectivity index (χ1n) is 7.69. The standard InChI is InChI=1S/C18H12Cl2F3N3O/c19-14-6-2-1-4-11(14)17(27)24-16-8-9-26(25-16)10-12-13(18(21,22)23)5-3-7-15(12)20/h1-9H,10H2,(H,24,25,27). The van der Waals surface area contributed by atoms with E-state index in [4.69, 9.17) is 23.2 Å². The van der Waals surface area contributed by atoms with Crippen LogP contribution in [0.5, 0.6) is 0 Å². The minimum absolute atomic E-state index is 0.0121. The largest absolute Gasteiger partial charge is 0.416 e. The van der Waals surface area contributed by atoms with Crippen molar-refractivity contribution in [2.24, 2.45) is 0 Å². The van der Waals surface area contributed by atoms with E-state index in [9.17, 15) is 18.0 Å². The molecular formula is C18H12Cl2F3N3O. The zero-order valence-corrected chi connectivity index (χ0v) is 15.1. The van der Waals surface area contributed by atoms with Gasteiger partial charge in [-0.05, 0) is 24.3 Å². The predicted octanol–water partition coefficient (Wildman–Crippen LogP) is 5.51. The molecule has 140 valence electrons. The molecule has 9 heteroatoms. The molecule has 0 atom stereocenters. The van der Waals surface area contributed by atoms with E-state index in [1.807, 2.05) is 0 Å². The predicted molar refractivity (Wildman–Crippen MR) is 97.2 cm³/mol. The first-order chi connectivity index (χ1) is 12.8. The Morgan fingerprint density at radius 1 is 1.04 bits per heavy atom. The fraction of sp³-hybridized carbons (Fsp3) is 0.111. The molecule has 4 nitrogen and oxygen atoms in total. The summed E-state index contributed by atoms with van der Waals surface area (Å²) >= 11 is 11.9. The lowest BCUT2D eigenvalue weighted by Crippen LogP contribution is -2.14. The molecule has 3 aromatic rings. The molecule has 0 bridgehead atoms. The number of aromatic nitrogens is 2. The highest BCUT2D eigenvalue weighted by molar-refractivity contribution is 6.34. The maximum atomic E-state index is 13.2. The van der Waals surface area contributed by atoms with Gasteiger partial charge in [0.1, 0.15) is 0 Å². The Balaban J connectivity index is 1.80. The Morgan fingerprint density at radius 3 is 2.44 bits per heavy atom. The van der Waals surface area contributed by atoms with E-state index < -0.39 is 17.6 Å². The van der Waals surface area contributed by atoms with E-state index in [2.05, 4.69) is 10.4 Å². The topological polar surface area (TPSA) is 46.9 Å². The van der Waals surface area contributed by atoms with Crippen molar-refractivity contribution < 1.29 is 18.0 Å². The SMILES string of the molecule is O=C(Nc1ccn(Cc2c(Cl)cccc2C(F)(F)F)n1)c1ccccc1Cl. The van der Waals surface area contributed by atoms with Gasteiger partial charge >= 0.3 is 6.18 Å². The van der Waals surface area contributed by atoms with Gasteiger partial charge in [0.15, 0.2) is 5.82 Å². The maximum absolute atomic E-state index is 13.2. The number of alkyl halides is 3. The molecule has 1 aromatic heterocycles. The van der Waals surface area contributed by atoms with Gasteiger partial charge in [-0.25, -0.2) is 0 Å². The van der Waals surface area contributed by atoms with Crippen molar-refractivity contribution in [2.45, 2.75) is 12.7 Å². The van der Waals surface area contributed by atoms with Crippen molar-refractivity contribution in [1.82, 2.24) is 9.78 Å². The van der Waals surface area contributed by atoms with Crippen molar-refractivity contribution in [1.29, 1.82) is 0 Å². The summed E-state index contributed by atoms with van der Waals surface area (Å²) in [5, 5.41) is 6.90. The molecule has 0 aliphatic heterocycles. The molecule has 0 aliphatic carbocycles. The van der Waals surface area contributed by atoms with E-state index >= 15 is 0 Å². The number of hydrogen-bond donors (Lipinski definition) is 1. The van der Waals surface area contributed by atoms with E-state index in [1.54, 1.807) is 24.3 Å². The number of nitrogens with zero attached hydrogens (tertiary/aromatic N) is 2. The molecule has 1 amide bonds. The van der Waals surface area contributed by atoms with Crippen molar-refractivity contribution in [2.75, 3.05) is 5.32 Å². The first-order valence-corrected chi connectivity index (χ1v) is 8.45. The van der Waals surface area contributed by atoms with Crippen LogP contribution in [-0.4, -0.2) is 15.7 Å². The van der Waals surface area contributed by atoms with Crippen LogP contribution in [0, 0.1) is 0 Å². The Bertz CT molecular complexity index is 986. The highest BCUT2D eigenvalue weighted by Crippen LogP contribution is 2.35. The van der Waals surface area contributed by atoms with Crippen LogP contribution in [0.2, 0.25) is 10.0 Å². The number of nitrogens with one attached hydrogen (secondary N) is 1. The zero-order valence-electron chi connectivity index (χ0n) is 13.6. The van der Waals surface area contributed by atoms with E-state index in [0.717, 1.165) is 6.07 Å². The molecule has 0 unspecified atom stereocenters. The summed E-state index contributed by atoms with van der Waals surface area (Å²) in [6.45, 7) is -0.198. The van der Waals surface area contributed by atoms with Crippen molar-refractivity contribution in [3.8, 4) is 0 Å². The maximum Gasteiger partial charge on any atom is 0.416 e. The minimum Gasteiger partial charge on any atom is -0.305 e. The highest BCUT2D eigenvalue weighted by Gasteiger charge is 2.34. The van der Waals surface area contributed by atoms with Crippen LogP contribution in [0.1, 0.15) is 21.5 Å². The van der Waals surface area contributed by atoms with Crippen LogP contribution in [0.15, 0.2) is 54.7 Å². The molecule has 0 radical (unpaired) electrons. The second-order valence-corrected chi connectivity index (χ2v) is 6.41. The van der Waals surface area contributed by atoms with Gasteiger partial charge < -0.3 is 5.32 Å². The summed E-state index contributed by atoms with van der Waals surface area (Å²) in [6, 6.07) is 11.5. The number of hydrogen-bond acceptors (Lipinski definition) is 2. The summed E-state index contributed by atoms with van der Waals surface area (Å²) in [4.78, 5) is 12.2. The summed E-state index contributed by atoms with van der Waals surface area (Å²) < 4.78 is 40.8. The molecule has 0 fully saturated rings. The Kier molecular flexibility index (Phi) is 5.43. The Labute approximate surface area is 162 Å². The lowest BCUT2D eigenvalue weighted by molar-refractivity contribution is -0.138. The van der Waals surface area contributed by atoms with Crippen LogP contribution < -0.4 is 5.32 Å². The van der Waals surface area contributed by atoms with Gasteiger partial charge in [-0.15, -0.1) is 0 Å². The van der Waals surface area contributed by atoms with Crippen molar-refractivity contribution in [3.63, 3.8) is 0 Å². The van der Waals surface area contributed by atoms with Crippen LogP contribution >= 0.6 is 23.2 Å². The fourth-order valence-electron chi connectivity index (χ4n) is 2.49. The third kappa shape index (κ3) is 4.43. The lowest BCUT2D eigenvalue weighted by atomic mass is 10.1. The number of amides is 1. The van der Waals surface area contributed by atoms with Gasteiger partial charge in [0.05, 0.1) is 22.7 Å². The molecular weight excluding hydrogens is 402 g/mol. The van der Waals surface area contributed by atoms with Gasteiger partial charge in [0.2, 0.25) is 0 Å². The normalized spacial score (nSPS) is 11.4. The van der Waals surface area contributed by atoms with E-state index in [-0.39, 0.29) is 33.5 Å². The number of anilines is 1. The van der Waals surface area contributed by atoms with Gasteiger partial charge in [-0.2, -0.15) is 18.3 Å². The van der Waals surface area contributed by atoms with Crippen molar-refractivity contribution in [3.05, 3.63) is 81.5 Å². The number of rotatable bonds is 4. The average molecular weight is 414 g/mol. The van der Waals surface area contributed by atoms with E-state index in [1.165, 1.54) is 29.1 Å². The van der Waals surface area contributed by atoms with Gasteiger partial charge in [-0.3, -0.25) is 9.48 Å². The molecule has 2 aromatic carbocycles. The van der Waals surface area contributed by atoms with Crippen LogP contribution in [0.3, 0.4) is 0 Å². The number of carbonyl (C=O) groups is 1. The second kappa shape index (κ2) is 7.62. The van der Waals surface area contributed by atoms with Crippen LogP contribution in [-0.2, 0) is 12.7 Å². The number of carbonyl (C=O) groups excluding carboxylic acids is 1. The smallest absolute Gasteiger partial charge is 0.305 e. The average Bonchev–Trinajstić information content (AvgIpc) is 3.03. The molecule has 3 rings (SSSR count). The summed E-state index contributed by atoms with van der Waals surface area (Å²) in [7, 11) is 0. The highest BCUT2D eigenvalue weighted by atomic mass is 35.5. The summed E-state index contributed by atoms with van der Waals surface area (Å²) in [5.41, 5.74) is -0.662. The first kappa shape index (κ1) is 19.3. The Hall–Kier alpha value is -2.51. The molecule has 27 heavy (non-hydrogen) atoms. The van der Waals surface area contributed by atoms with Crippen molar-refractivity contribution >= 4 is 34.9 Å². The molecule has 0 saturated heterocycles. The van der Waals surface area contributed by atoms with Crippen LogP contribution in [0.25, 0.3) is 0 Å². The van der Waals surface area contributed by atoms with Gasteiger partial charge in [0, 0.05) is 22.8 Å². The monoisotopic (exact) mass is 413 g/mol. The third-order valence-corrected chi connectivity index (χ3v) is 4.43. The Morgan fingerprint density at radius 2 is 1.74 bits per heavy atom. The molecule has 1 heterocycles. The summed E-state index contributed by atoms with van der Waals surface area (Å²) in [6.07, 6.45) is -3.08. The number of benzene rings is 2. The third-order valence-electron chi connectivity index (χ3n) is 3.75. The molecule has 0 aliphatic rings. The second-order valence-electron chi connectivity index (χ2n) is 5.60. The lowest BCUT2D eigenvalue weighted by Gasteiger charge is -2.14.